The van der Waals surface area contributed by atoms with Crippen molar-refractivity contribution in [3.05, 3.63) is 0 Å². The highest BCUT2D eigenvalue weighted by molar-refractivity contribution is 6.45. The molecule has 0 spiro atoms. The van der Waals surface area contributed by atoms with Gasteiger partial charge in [-0.15, -0.1) is 0 Å². The molecule has 0 aliphatic heterocycles. The molecule has 0 aromatic rings. The van der Waals surface area contributed by atoms with Gasteiger partial charge in [0, 0.05) is 13.2 Å². The molecule has 0 saturated heterocycles. The maximum Gasteiger partial charge on any atom is 0.335 e. The standard InChI is InChI=1S/C9H25N3OSi/c1-4-7-10-8-9-13-14(11-5-2)12-6-3/h10-12,14H,4-9H2,1-3H3. The largest absolute Gasteiger partial charge is 0.393 e. The minimum atomic E-state index is -1.33. The van der Waals surface area contributed by atoms with Crippen molar-refractivity contribution in [3.63, 3.8) is 0 Å². The summed E-state index contributed by atoms with van der Waals surface area (Å²) in [6.45, 7) is 11.2. The third-order valence-corrected chi connectivity index (χ3v) is 3.90. The van der Waals surface area contributed by atoms with Crippen LogP contribution in [-0.4, -0.2) is 42.1 Å². The van der Waals surface area contributed by atoms with Crippen LogP contribution in [0.2, 0.25) is 0 Å². The first-order valence-corrected chi connectivity index (χ1v) is 7.26. The second kappa shape index (κ2) is 11.1. The lowest BCUT2D eigenvalue weighted by Crippen LogP contribution is -2.50. The van der Waals surface area contributed by atoms with Crippen molar-refractivity contribution in [2.24, 2.45) is 0 Å². The molecule has 4 nitrogen and oxygen atoms in total. The van der Waals surface area contributed by atoms with Crippen molar-refractivity contribution in [3.8, 4) is 0 Å². The van der Waals surface area contributed by atoms with Gasteiger partial charge in [0.25, 0.3) is 0 Å². The zero-order valence-electron chi connectivity index (χ0n) is 9.73. The lowest BCUT2D eigenvalue weighted by atomic mass is 10.5. The lowest BCUT2D eigenvalue weighted by molar-refractivity contribution is 0.300. The molecule has 0 atom stereocenters. The first-order valence-electron chi connectivity index (χ1n) is 5.64. The first-order chi connectivity index (χ1) is 6.85. The summed E-state index contributed by atoms with van der Waals surface area (Å²) in [5, 5.41) is 3.32. The Bertz CT molecular complexity index is 110. The summed E-state index contributed by atoms with van der Waals surface area (Å²) in [6.07, 6.45) is 1.18. The summed E-state index contributed by atoms with van der Waals surface area (Å²) in [7, 11) is -1.33. The Morgan fingerprint density at radius 1 is 1.00 bits per heavy atom. The van der Waals surface area contributed by atoms with Gasteiger partial charge in [-0.3, -0.25) is 0 Å². The van der Waals surface area contributed by atoms with Gasteiger partial charge in [0.05, 0.1) is 0 Å². The van der Waals surface area contributed by atoms with E-state index in [-0.39, 0.29) is 0 Å². The molecular weight excluding hydrogens is 194 g/mol. The quantitative estimate of drug-likeness (QED) is 0.356. The third kappa shape index (κ3) is 8.65. The van der Waals surface area contributed by atoms with E-state index in [1.165, 1.54) is 6.42 Å². The molecule has 0 rings (SSSR count). The molecule has 0 unspecified atom stereocenters. The average molecular weight is 219 g/mol. The van der Waals surface area contributed by atoms with Crippen LogP contribution in [0.3, 0.4) is 0 Å². The molecule has 0 amide bonds. The molecule has 0 aromatic carbocycles. The SMILES string of the molecule is CCCNCCO[SiH](NCC)NCC. The second-order valence-electron chi connectivity index (χ2n) is 3.12. The minimum absolute atomic E-state index is 0.802. The van der Waals surface area contributed by atoms with Crippen molar-refractivity contribution < 1.29 is 4.43 Å². The summed E-state index contributed by atoms with van der Waals surface area (Å²) < 4.78 is 5.72. The van der Waals surface area contributed by atoms with E-state index in [0.717, 1.165) is 32.8 Å². The second-order valence-corrected chi connectivity index (χ2v) is 5.03. The molecule has 0 radical (unpaired) electrons. The van der Waals surface area contributed by atoms with Crippen molar-refractivity contribution in [2.75, 3.05) is 32.8 Å². The fraction of sp³-hybridized carbons (Fsp3) is 1.00. The van der Waals surface area contributed by atoms with Gasteiger partial charge in [0.15, 0.2) is 0 Å². The van der Waals surface area contributed by atoms with Gasteiger partial charge in [-0.25, -0.2) is 0 Å². The van der Waals surface area contributed by atoms with Crippen molar-refractivity contribution in [2.45, 2.75) is 27.2 Å². The Morgan fingerprint density at radius 2 is 1.64 bits per heavy atom. The predicted octanol–water partition coefficient (Wildman–Crippen LogP) is -0.0612. The molecule has 0 aliphatic carbocycles. The van der Waals surface area contributed by atoms with Gasteiger partial charge in [-0.05, 0) is 26.1 Å². The Kier molecular flexibility index (Phi) is 11.2. The number of rotatable bonds is 10. The maximum absolute atomic E-state index is 5.72. The Morgan fingerprint density at radius 3 is 2.14 bits per heavy atom. The average Bonchev–Trinajstić information content (AvgIpc) is 2.18. The Balaban J connectivity index is 3.30. The molecule has 0 fully saturated rings. The number of hydrogen-bond acceptors (Lipinski definition) is 4. The van der Waals surface area contributed by atoms with Crippen LogP contribution in [0, 0.1) is 0 Å². The maximum atomic E-state index is 5.72. The van der Waals surface area contributed by atoms with E-state index in [1.54, 1.807) is 0 Å². The van der Waals surface area contributed by atoms with Crippen LogP contribution in [0.4, 0.5) is 0 Å². The molecule has 0 aromatic heterocycles. The molecule has 0 aliphatic rings. The van der Waals surface area contributed by atoms with Gasteiger partial charge in [-0.1, -0.05) is 20.8 Å². The molecule has 0 saturated carbocycles. The topological polar surface area (TPSA) is 45.3 Å². The van der Waals surface area contributed by atoms with Crippen LogP contribution >= 0.6 is 0 Å². The van der Waals surface area contributed by atoms with Crippen molar-refractivity contribution in [1.82, 2.24) is 15.3 Å². The van der Waals surface area contributed by atoms with E-state index in [1.807, 2.05) is 0 Å². The highest BCUT2D eigenvalue weighted by Gasteiger charge is 2.07. The minimum Gasteiger partial charge on any atom is -0.393 e. The monoisotopic (exact) mass is 219 g/mol. The lowest BCUT2D eigenvalue weighted by Gasteiger charge is -2.16. The summed E-state index contributed by atoms with van der Waals surface area (Å²) in [4.78, 5) is 6.70. The fourth-order valence-electron chi connectivity index (χ4n) is 1.11. The van der Waals surface area contributed by atoms with Gasteiger partial charge in [0.1, 0.15) is 0 Å². The summed E-state index contributed by atoms with van der Waals surface area (Å²) in [5.74, 6) is 0. The highest BCUT2D eigenvalue weighted by atomic mass is 28.3. The van der Waals surface area contributed by atoms with Crippen molar-refractivity contribution in [1.29, 1.82) is 0 Å². The van der Waals surface area contributed by atoms with Crippen molar-refractivity contribution >= 4 is 9.36 Å². The smallest absolute Gasteiger partial charge is 0.335 e. The van der Waals surface area contributed by atoms with Crippen LogP contribution in [0.25, 0.3) is 0 Å². The summed E-state index contributed by atoms with van der Waals surface area (Å²) in [5.41, 5.74) is 0. The molecule has 0 heterocycles. The van der Waals surface area contributed by atoms with Crippen LogP contribution < -0.4 is 15.3 Å². The highest BCUT2D eigenvalue weighted by Crippen LogP contribution is 1.78. The molecule has 86 valence electrons. The van der Waals surface area contributed by atoms with E-state index in [2.05, 4.69) is 36.1 Å². The van der Waals surface area contributed by atoms with E-state index in [9.17, 15) is 0 Å². The normalized spacial score (nSPS) is 11.1. The molecule has 5 heteroatoms. The number of hydrogen-bond donors (Lipinski definition) is 3. The first kappa shape index (κ1) is 14.1. The van der Waals surface area contributed by atoms with Gasteiger partial charge >= 0.3 is 9.36 Å². The molecule has 0 bridgehead atoms. The van der Waals surface area contributed by atoms with E-state index < -0.39 is 9.36 Å². The third-order valence-electron chi connectivity index (χ3n) is 1.77. The molecular formula is C9H25N3OSi. The Hall–Kier alpha value is 0.0569. The van der Waals surface area contributed by atoms with Crippen LogP contribution in [0.15, 0.2) is 0 Å². The number of nitrogens with one attached hydrogen (secondary N) is 3. The predicted molar refractivity (Wildman–Crippen MR) is 63.6 cm³/mol. The van der Waals surface area contributed by atoms with E-state index in [4.69, 9.17) is 4.43 Å². The van der Waals surface area contributed by atoms with Crippen LogP contribution in [-0.2, 0) is 4.43 Å². The van der Waals surface area contributed by atoms with E-state index >= 15 is 0 Å². The van der Waals surface area contributed by atoms with Gasteiger partial charge in [0.2, 0.25) is 0 Å². The molecule has 14 heavy (non-hydrogen) atoms. The van der Waals surface area contributed by atoms with Crippen LogP contribution in [0.1, 0.15) is 27.2 Å². The molecule has 3 N–H and O–H groups in total. The van der Waals surface area contributed by atoms with Gasteiger partial charge in [-0.2, -0.15) is 0 Å². The van der Waals surface area contributed by atoms with Gasteiger partial charge < -0.3 is 19.7 Å². The zero-order chi connectivity index (χ0) is 10.6. The summed E-state index contributed by atoms with van der Waals surface area (Å²) in [6, 6.07) is 0. The summed E-state index contributed by atoms with van der Waals surface area (Å²) >= 11 is 0. The Labute approximate surface area is 89.7 Å². The van der Waals surface area contributed by atoms with Crippen LogP contribution in [0.5, 0.6) is 0 Å². The fourth-order valence-corrected chi connectivity index (χ4v) is 2.59. The van der Waals surface area contributed by atoms with E-state index in [0.29, 0.717) is 0 Å². The zero-order valence-corrected chi connectivity index (χ0v) is 10.9.